The lowest BCUT2D eigenvalue weighted by Gasteiger charge is -2.19. The summed E-state index contributed by atoms with van der Waals surface area (Å²) in [5.74, 6) is 0.172. The summed E-state index contributed by atoms with van der Waals surface area (Å²) in [5.41, 5.74) is -0.941. The standard InChI is InChI=1S/C12H16F3NO/c1-3-8(2)6-11(17)9-7-16-5-4-10(9)12(13,14)15/h4-5,7-8,11,17H,3,6H2,1-2H3. The van der Waals surface area contributed by atoms with Crippen LogP contribution in [0.4, 0.5) is 13.2 Å². The maximum Gasteiger partial charge on any atom is 0.416 e. The average molecular weight is 247 g/mol. The first-order chi connectivity index (χ1) is 7.86. The molecule has 0 aliphatic rings. The van der Waals surface area contributed by atoms with E-state index in [0.717, 1.165) is 24.9 Å². The summed E-state index contributed by atoms with van der Waals surface area (Å²) in [7, 11) is 0. The van der Waals surface area contributed by atoms with Gasteiger partial charge in [-0.1, -0.05) is 20.3 Å². The Hall–Kier alpha value is -1.10. The lowest BCUT2D eigenvalue weighted by Crippen LogP contribution is -2.14. The summed E-state index contributed by atoms with van der Waals surface area (Å²) in [5, 5.41) is 9.83. The molecule has 5 heteroatoms. The van der Waals surface area contributed by atoms with Crippen LogP contribution in [0.5, 0.6) is 0 Å². The Bertz CT molecular complexity index is 365. The number of hydrogen-bond acceptors (Lipinski definition) is 2. The Kier molecular flexibility index (Phi) is 4.51. The molecule has 2 atom stereocenters. The number of halogens is 3. The number of rotatable bonds is 4. The quantitative estimate of drug-likeness (QED) is 0.882. The molecule has 1 aromatic heterocycles. The maximum absolute atomic E-state index is 12.7. The van der Waals surface area contributed by atoms with Gasteiger partial charge in [0.2, 0.25) is 0 Å². The predicted molar refractivity (Wildman–Crippen MR) is 58.3 cm³/mol. The summed E-state index contributed by atoms with van der Waals surface area (Å²) in [6.45, 7) is 3.83. The van der Waals surface area contributed by atoms with Gasteiger partial charge in [0, 0.05) is 18.0 Å². The molecule has 2 nitrogen and oxygen atoms in total. The van der Waals surface area contributed by atoms with Gasteiger partial charge < -0.3 is 5.11 Å². The van der Waals surface area contributed by atoms with E-state index in [9.17, 15) is 18.3 Å². The van der Waals surface area contributed by atoms with Crippen molar-refractivity contribution in [2.75, 3.05) is 0 Å². The van der Waals surface area contributed by atoms with Crippen molar-refractivity contribution in [3.8, 4) is 0 Å². The second-order valence-corrected chi connectivity index (χ2v) is 4.23. The molecule has 0 spiro atoms. The van der Waals surface area contributed by atoms with Crippen LogP contribution in [0.25, 0.3) is 0 Å². The van der Waals surface area contributed by atoms with Gasteiger partial charge >= 0.3 is 6.18 Å². The fourth-order valence-corrected chi connectivity index (χ4v) is 1.61. The Balaban J connectivity index is 2.97. The van der Waals surface area contributed by atoms with Crippen molar-refractivity contribution in [2.24, 2.45) is 5.92 Å². The number of aromatic nitrogens is 1. The van der Waals surface area contributed by atoms with Gasteiger partial charge in [-0.3, -0.25) is 4.98 Å². The highest BCUT2D eigenvalue weighted by atomic mass is 19.4. The third-order valence-electron chi connectivity index (χ3n) is 2.84. The highest BCUT2D eigenvalue weighted by Crippen LogP contribution is 2.35. The largest absolute Gasteiger partial charge is 0.416 e. The van der Waals surface area contributed by atoms with Crippen LogP contribution in [0, 0.1) is 5.92 Å². The van der Waals surface area contributed by atoms with E-state index in [1.54, 1.807) is 0 Å². The summed E-state index contributed by atoms with van der Waals surface area (Å²) >= 11 is 0. The normalized spacial score (nSPS) is 15.6. The van der Waals surface area contributed by atoms with E-state index < -0.39 is 17.8 Å². The molecule has 96 valence electrons. The molecule has 0 saturated carbocycles. The SMILES string of the molecule is CCC(C)CC(O)c1cnccc1C(F)(F)F. The molecule has 0 radical (unpaired) electrons. The zero-order chi connectivity index (χ0) is 13.1. The van der Waals surface area contributed by atoms with Crippen molar-refractivity contribution in [1.82, 2.24) is 4.98 Å². The van der Waals surface area contributed by atoms with Gasteiger partial charge in [-0.25, -0.2) is 0 Å². The van der Waals surface area contributed by atoms with E-state index in [4.69, 9.17) is 0 Å². The third kappa shape index (κ3) is 3.70. The van der Waals surface area contributed by atoms with Gasteiger partial charge in [-0.2, -0.15) is 13.2 Å². The van der Waals surface area contributed by atoms with E-state index in [0.29, 0.717) is 6.42 Å². The number of aliphatic hydroxyl groups is 1. The molecule has 0 saturated heterocycles. The number of alkyl halides is 3. The number of aliphatic hydroxyl groups excluding tert-OH is 1. The van der Waals surface area contributed by atoms with Gasteiger partial charge in [0.1, 0.15) is 0 Å². The van der Waals surface area contributed by atoms with Crippen molar-refractivity contribution in [1.29, 1.82) is 0 Å². The Labute approximate surface area is 98.5 Å². The molecule has 1 rings (SSSR count). The number of pyridine rings is 1. The first kappa shape index (κ1) is 14.0. The van der Waals surface area contributed by atoms with Gasteiger partial charge in [-0.05, 0) is 18.4 Å². The van der Waals surface area contributed by atoms with Crippen LogP contribution in [0.2, 0.25) is 0 Å². The molecule has 0 fully saturated rings. The number of hydrogen-bond donors (Lipinski definition) is 1. The van der Waals surface area contributed by atoms with Crippen molar-refractivity contribution < 1.29 is 18.3 Å². The Morgan fingerprint density at radius 1 is 1.41 bits per heavy atom. The zero-order valence-electron chi connectivity index (χ0n) is 9.83. The van der Waals surface area contributed by atoms with Crippen molar-refractivity contribution in [3.63, 3.8) is 0 Å². The maximum atomic E-state index is 12.7. The monoisotopic (exact) mass is 247 g/mol. The smallest absolute Gasteiger partial charge is 0.388 e. The van der Waals surface area contributed by atoms with Gasteiger partial charge in [-0.15, -0.1) is 0 Å². The molecular formula is C12H16F3NO. The van der Waals surface area contributed by atoms with Crippen LogP contribution in [0.15, 0.2) is 18.5 Å². The minimum Gasteiger partial charge on any atom is -0.388 e. The van der Waals surface area contributed by atoms with E-state index >= 15 is 0 Å². The minimum atomic E-state index is -4.45. The van der Waals surface area contributed by atoms with Crippen molar-refractivity contribution in [2.45, 2.75) is 39.0 Å². The van der Waals surface area contributed by atoms with Crippen LogP contribution in [0.1, 0.15) is 43.9 Å². The molecule has 0 aliphatic carbocycles. The van der Waals surface area contributed by atoms with E-state index in [1.165, 1.54) is 0 Å². The molecular weight excluding hydrogens is 231 g/mol. The predicted octanol–water partition coefficient (Wildman–Crippen LogP) is 3.57. The molecule has 0 amide bonds. The second-order valence-electron chi connectivity index (χ2n) is 4.23. The highest BCUT2D eigenvalue weighted by molar-refractivity contribution is 5.28. The van der Waals surface area contributed by atoms with E-state index in [2.05, 4.69) is 4.98 Å². The number of nitrogens with zero attached hydrogens (tertiary/aromatic N) is 1. The summed E-state index contributed by atoms with van der Waals surface area (Å²) in [6.07, 6.45) is -2.26. The highest BCUT2D eigenvalue weighted by Gasteiger charge is 2.35. The average Bonchev–Trinajstić information content (AvgIpc) is 2.27. The summed E-state index contributed by atoms with van der Waals surface area (Å²) < 4.78 is 38.1. The molecule has 1 N–H and O–H groups in total. The van der Waals surface area contributed by atoms with Crippen LogP contribution in [0.3, 0.4) is 0 Å². The van der Waals surface area contributed by atoms with Gasteiger partial charge in [0.25, 0.3) is 0 Å². The molecule has 0 aromatic carbocycles. The third-order valence-corrected chi connectivity index (χ3v) is 2.84. The van der Waals surface area contributed by atoms with Crippen molar-refractivity contribution in [3.05, 3.63) is 29.6 Å². The molecule has 1 heterocycles. The zero-order valence-corrected chi connectivity index (χ0v) is 9.83. The van der Waals surface area contributed by atoms with Crippen LogP contribution in [-0.4, -0.2) is 10.1 Å². The van der Waals surface area contributed by atoms with E-state index in [-0.39, 0.29) is 11.5 Å². The summed E-state index contributed by atoms with van der Waals surface area (Å²) in [4.78, 5) is 3.65. The lowest BCUT2D eigenvalue weighted by atomic mass is 9.94. The van der Waals surface area contributed by atoms with Gasteiger partial charge in [0.15, 0.2) is 0 Å². The van der Waals surface area contributed by atoms with Crippen LogP contribution >= 0.6 is 0 Å². The molecule has 0 aliphatic heterocycles. The molecule has 1 aromatic rings. The van der Waals surface area contributed by atoms with Crippen LogP contribution in [-0.2, 0) is 6.18 Å². The topological polar surface area (TPSA) is 33.1 Å². The Morgan fingerprint density at radius 3 is 2.59 bits per heavy atom. The first-order valence-corrected chi connectivity index (χ1v) is 5.55. The lowest BCUT2D eigenvalue weighted by molar-refractivity contribution is -0.139. The van der Waals surface area contributed by atoms with Crippen LogP contribution < -0.4 is 0 Å². The first-order valence-electron chi connectivity index (χ1n) is 5.55. The molecule has 0 bridgehead atoms. The minimum absolute atomic E-state index is 0.139. The molecule has 2 unspecified atom stereocenters. The Morgan fingerprint density at radius 2 is 2.06 bits per heavy atom. The fraction of sp³-hybridized carbons (Fsp3) is 0.583. The summed E-state index contributed by atoms with van der Waals surface area (Å²) in [6, 6.07) is 0.898. The fourth-order valence-electron chi connectivity index (χ4n) is 1.61. The second kappa shape index (κ2) is 5.49. The van der Waals surface area contributed by atoms with Gasteiger partial charge in [0.05, 0.1) is 11.7 Å². The molecule has 17 heavy (non-hydrogen) atoms. The van der Waals surface area contributed by atoms with E-state index in [1.807, 2.05) is 13.8 Å². The van der Waals surface area contributed by atoms with Crippen molar-refractivity contribution >= 4 is 0 Å².